The SMILES string of the molecule is C=CC(=C)CCC1CCOC1(C)C. The fraction of sp³-hybridized carbons (Fsp3) is 0.667. The van der Waals surface area contributed by atoms with Gasteiger partial charge >= 0.3 is 0 Å². The van der Waals surface area contributed by atoms with Crippen LogP contribution in [0.2, 0.25) is 0 Å². The molecular weight excluding hydrogens is 160 g/mol. The molecule has 0 amide bonds. The van der Waals surface area contributed by atoms with Crippen molar-refractivity contribution in [2.45, 2.75) is 38.7 Å². The van der Waals surface area contributed by atoms with Crippen molar-refractivity contribution in [3.63, 3.8) is 0 Å². The Morgan fingerprint density at radius 1 is 1.62 bits per heavy atom. The van der Waals surface area contributed by atoms with Crippen LogP contribution in [0.3, 0.4) is 0 Å². The highest BCUT2D eigenvalue weighted by Crippen LogP contribution is 2.35. The predicted molar refractivity (Wildman–Crippen MR) is 56.7 cm³/mol. The smallest absolute Gasteiger partial charge is 0.0655 e. The summed E-state index contributed by atoms with van der Waals surface area (Å²) in [6.07, 6.45) is 5.28. The second kappa shape index (κ2) is 4.10. The summed E-state index contributed by atoms with van der Waals surface area (Å²) >= 11 is 0. The minimum absolute atomic E-state index is 0.0709. The minimum Gasteiger partial charge on any atom is -0.375 e. The van der Waals surface area contributed by atoms with E-state index in [2.05, 4.69) is 27.0 Å². The Kier molecular flexibility index (Phi) is 3.32. The molecule has 0 aromatic rings. The standard InChI is InChI=1S/C12H20O/c1-5-10(2)6-7-11-8-9-13-12(11,3)4/h5,11H,1-2,6-9H2,3-4H3. The first-order valence-electron chi connectivity index (χ1n) is 5.00. The van der Waals surface area contributed by atoms with Crippen molar-refractivity contribution in [3.8, 4) is 0 Å². The van der Waals surface area contributed by atoms with Gasteiger partial charge in [0, 0.05) is 6.61 Å². The van der Waals surface area contributed by atoms with Crippen molar-refractivity contribution in [2.75, 3.05) is 6.61 Å². The zero-order valence-electron chi connectivity index (χ0n) is 8.81. The topological polar surface area (TPSA) is 9.23 Å². The Morgan fingerprint density at radius 2 is 2.31 bits per heavy atom. The summed E-state index contributed by atoms with van der Waals surface area (Å²) in [6, 6.07) is 0. The minimum atomic E-state index is 0.0709. The van der Waals surface area contributed by atoms with Gasteiger partial charge in [-0.25, -0.2) is 0 Å². The molecule has 1 nitrogen and oxygen atoms in total. The molecule has 1 heteroatoms. The molecule has 1 fully saturated rings. The molecule has 0 bridgehead atoms. The average Bonchev–Trinajstić information content (AvgIpc) is 2.41. The first-order valence-corrected chi connectivity index (χ1v) is 5.00. The lowest BCUT2D eigenvalue weighted by atomic mass is 9.86. The molecule has 0 aromatic heterocycles. The van der Waals surface area contributed by atoms with Crippen LogP contribution in [0.4, 0.5) is 0 Å². The van der Waals surface area contributed by atoms with Gasteiger partial charge in [-0.3, -0.25) is 0 Å². The zero-order valence-corrected chi connectivity index (χ0v) is 8.81. The van der Waals surface area contributed by atoms with Gasteiger partial charge in [0.1, 0.15) is 0 Å². The molecule has 1 aliphatic heterocycles. The van der Waals surface area contributed by atoms with Crippen LogP contribution in [-0.2, 0) is 4.74 Å². The molecule has 1 atom stereocenters. The van der Waals surface area contributed by atoms with Crippen molar-refractivity contribution >= 4 is 0 Å². The molecule has 0 saturated carbocycles. The summed E-state index contributed by atoms with van der Waals surface area (Å²) in [7, 11) is 0. The maximum absolute atomic E-state index is 5.66. The van der Waals surface area contributed by atoms with E-state index in [0.29, 0.717) is 5.92 Å². The van der Waals surface area contributed by atoms with Gasteiger partial charge in [-0.15, -0.1) is 0 Å². The number of ether oxygens (including phenoxy) is 1. The fourth-order valence-corrected chi connectivity index (χ4v) is 1.88. The summed E-state index contributed by atoms with van der Waals surface area (Å²) in [4.78, 5) is 0. The first-order chi connectivity index (χ1) is 6.06. The van der Waals surface area contributed by atoms with Gasteiger partial charge in [-0.1, -0.05) is 24.8 Å². The number of allylic oxidation sites excluding steroid dienone is 2. The highest BCUT2D eigenvalue weighted by Gasteiger charge is 2.34. The maximum Gasteiger partial charge on any atom is 0.0655 e. The maximum atomic E-state index is 5.66. The van der Waals surface area contributed by atoms with Crippen LogP contribution >= 0.6 is 0 Å². The number of hydrogen-bond acceptors (Lipinski definition) is 1. The second-order valence-electron chi connectivity index (χ2n) is 4.34. The largest absolute Gasteiger partial charge is 0.375 e. The highest BCUT2D eigenvalue weighted by molar-refractivity contribution is 5.10. The van der Waals surface area contributed by atoms with Crippen LogP contribution in [0, 0.1) is 5.92 Å². The van der Waals surface area contributed by atoms with Gasteiger partial charge in [0.15, 0.2) is 0 Å². The molecule has 0 spiro atoms. The fourth-order valence-electron chi connectivity index (χ4n) is 1.88. The van der Waals surface area contributed by atoms with Crippen molar-refractivity contribution < 1.29 is 4.74 Å². The Hall–Kier alpha value is -0.560. The van der Waals surface area contributed by atoms with Gasteiger partial charge in [-0.2, -0.15) is 0 Å². The average molecular weight is 180 g/mol. The van der Waals surface area contributed by atoms with E-state index in [1.165, 1.54) is 12.8 Å². The Balaban J connectivity index is 2.37. The monoisotopic (exact) mass is 180 g/mol. The summed E-state index contributed by atoms with van der Waals surface area (Å²) < 4.78 is 5.66. The van der Waals surface area contributed by atoms with E-state index in [-0.39, 0.29) is 5.60 Å². The van der Waals surface area contributed by atoms with Crippen LogP contribution in [0.5, 0.6) is 0 Å². The lowest BCUT2D eigenvalue weighted by Crippen LogP contribution is -2.27. The number of rotatable bonds is 4. The van der Waals surface area contributed by atoms with Crippen LogP contribution in [0.25, 0.3) is 0 Å². The van der Waals surface area contributed by atoms with E-state index in [1.807, 2.05) is 6.08 Å². The Bertz CT molecular complexity index is 203. The molecular formula is C12H20O. The van der Waals surface area contributed by atoms with E-state index >= 15 is 0 Å². The Morgan fingerprint density at radius 3 is 2.77 bits per heavy atom. The van der Waals surface area contributed by atoms with Gasteiger partial charge < -0.3 is 4.74 Å². The van der Waals surface area contributed by atoms with Crippen molar-refractivity contribution in [2.24, 2.45) is 5.92 Å². The van der Waals surface area contributed by atoms with Gasteiger partial charge in [0.2, 0.25) is 0 Å². The summed E-state index contributed by atoms with van der Waals surface area (Å²) in [5.74, 6) is 0.684. The molecule has 1 unspecified atom stereocenters. The third-order valence-electron chi connectivity index (χ3n) is 3.03. The van der Waals surface area contributed by atoms with Crippen LogP contribution in [0.15, 0.2) is 24.8 Å². The number of hydrogen-bond donors (Lipinski definition) is 0. The molecule has 1 heterocycles. The molecule has 13 heavy (non-hydrogen) atoms. The molecule has 0 aromatic carbocycles. The van der Waals surface area contributed by atoms with Crippen LogP contribution in [0.1, 0.15) is 33.1 Å². The van der Waals surface area contributed by atoms with Crippen molar-refractivity contribution in [1.29, 1.82) is 0 Å². The highest BCUT2D eigenvalue weighted by atomic mass is 16.5. The lowest BCUT2D eigenvalue weighted by molar-refractivity contribution is 0.00939. The summed E-state index contributed by atoms with van der Waals surface area (Å²) in [6.45, 7) is 12.9. The third-order valence-corrected chi connectivity index (χ3v) is 3.03. The summed E-state index contributed by atoms with van der Waals surface area (Å²) in [5.41, 5.74) is 1.21. The molecule has 0 radical (unpaired) electrons. The van der Waals surface area contributed by atoms with Gasteiger partial charge in [0.05, 0.1) is 5.60 Å². The second-order valence-corrected chi connectivity index (χ2v) is 4.34. The van der Waals surface area contributed by atoms with E-state index in [0.717, 1.165) is 18.6 Å². The quantitative estimate of drug-likeness (QED) is 0.603. The zero-order chi connectivity index (χ0) is 9.90. The molecule has 1 aliphatic rings. The van der Waals surface area contributed by atoms with E-state index in [9.17, 15) is 0 Å². The van der Waals surface area contributed by atoms with E-state index in [4.69, 9.17) is 4.74 Å². The summed E-state index contributed by atoms with van der Waals surface area (Å²) in [5, 5.41) is 0. The molecule has 0 N–H and O–H groups in total. The predicted octanol–water partition coefficient (Wildman–Crippen LogP) is 3.32. The normalized spacial score (nSPS) is 25.8. The lowest BCUT2D eigenvalue weighted by Gasteiger charge is -2.25. The van der Waals surface area contributed by atoms with E-state index < -0.39 is 0 Å². The molecule has 1 saturated heterocycles. The Labute approximate surface area is 81.5 Å². The van der Waals surface area contributed by atoms with Gasteiger partial charge in [0.25, 0.3) is 0 Å². The van der Waals surface area contributed by atoms with Gasteiger partial charge in [-0.05, 0) is 39.0 Å². The van der Waals surface area contributed by atoms with Crippen LogP contribution in [-0.4, -0.2) is 12.2 Å². The van der Waals surface area contributed by atoms with Crippen molar-refractivity contribution in [1.82, 2.24) is 0 Å². The molecule has 0 aliphatic carbocycles. The first kappa shape index (κ1) is 10.5. The van der Waals surface area contributed by atoms with Crippen molar-refractivity contribution in [3.05, 3.63) is 24.8 Å². The van der Waals surface area contributed by atoms with Crippen LogP contribution < -0.4 is 0 Å². The van der Waals surface area contributed by atoms with E-state index in [1.54, 1.807) is 0 Å². The third kappa shape index (κ3) is 2.70. The molecule has 1 rings (SSSR count). The molecule has 74 valence electrons.